The number of ether oxygens (including phenoxy) is 1. The second-order valence-corrected chi connectivity index (χ2v) is 7.72. The normalized spacial score (nSPS) is 11.0. The number of pyridine rings is 1. The van der Waals surface area contributed by atoms with Crippen molar-refractivity contribution in [3.05, 3.63) is 82.1 Å². The molecule has 30 heavy (non-hydrogen) atoms. The van der Waals surface area contributed by atoms with Crippen molar-refractivity contribution in [2.45, 2.75) is 13.5 Å². The minimum atomic E-state index is -1.01. The molecule has 0 unspecified atom stereocenters. The number of carboxylic acid groups (broad SMARTS) is 1. The highest BCUT2D eigenvalue weighted by Crippen LogP contribution is 2.31. The van der Waals surface area contributed by atoms with Gasteiger partial charge in [0.2, 0.25) is 0 Å². The molecule has 4 aromatic rings. The molecule has 2 aromatic heterocycles. The Hall–Kier alpha value is -3.02. The number of benzene rings is 2. The van der Waals surface area contributed by atoms with Crippen molar-refractivity contribution in [1.29, 1.82) is 0 Å². The molecule has 0 amide bonds. The van der Waals surface area contributed by atoms with Crippen LogP contribution in [-0.2, 0) is 6.54 Å². The van der Waals surface area contributed by atoms with Crippen LogP contribution in [0.15, 0.2) is 60.8 Å². The van der Waals surface area contributed by atoms with Crippen LogP contribution in [0.5, 0.6) is 5.75 Å². The summed E-state index contributed by atoms with van der Waals surface area (Å²) < 4.78 is 7.48. The standard InChI is InChI=1S/C23H18Cl2N2O3/c1-14-3-2-4-15(11-14)22-17-13-20(23(28)29)27(19(17)7-8-26-22)9-10-30-21-6-5-16(24)12-18(21)25/h2-8,11-13H,9-10H2,1H3,(H,28,29). The molecule has 0 saturated heterocycles. The lowest BCUT2D eigenvalue weighted by molar-refractivity contribution is 0.0684. The lowest BCUT2D eigenvalue weighted by atomic mass is 10.1. The Labute approximate surface area is 183 Å². The predicted octanol–water partition coefficient (Wildman–Crippen LogP) is 6.10. The highest BCUT2D eigenvalue weighted by molar-refractivity contribution is 6.35. The first-order valence-corrected chi connectivity index (χ1v) is 10.1. The van der Waals surface area contributed by atoms with Gasteiger partial charge < -0.3 is 14.4 Å². The van der Waals surface area contributed by atoms with E-state index in [9.17, 15) is 9.90 Å². The number of hydrogen-bond donors (Lipinski definition) is 1. The molecule has 0 spiro atoms. The molecule has 1 N–H and O–H groups in total. The summed E-state index contributed by atoms with van der Waals surface area (Å²) in [5.41, 5.74) is 3.76. The molecule has 152 valence electrons. The minimum absolute atomic E-state index is 0.178. The molecular weight excluding hydrogens is 423 g/mol. The van der Waals surface area contributed by atoms with Crippen molar-refractivity contribution in [3.63, 3.8) is 0 Å². The van der Waals surface area contributed by atoms with Crippen molar-refractivity contribution in [2.24, 2.45) is 0 Å². The van der Waals surface area contributed by atoms with E-state index in [2.05, 4.69) is 4.98 Å². The first kappa shape index (κ1) is 20.3. The van der Waals surface area contributed by atoms with E-state index in [0.717, 1.165) is 27.7 Å². The largest absolute Gasteiger partial charge is 0.490 e. The van der Waals surface area contributed by atoms with Gasteiger partial charge in [0.15, 0.2) is 0 Å². The van der Waals surface area contributed by atoms with Gasteiger partial charge in [-0.25, -0.2) is 4.79 Å². The highest BCUT2D eigenvalue weighted by Gasteiger charge is 2.18. The zero-order valence-corrected chi connectivity index (χ0v) is 17.6. The van der Waals surface area contributed by atoms with Crippen LogP contribution in [0, 0.1) is 6.92 Å². The van der Waals surface area contributed by atoms with Gasteiger partial charge >= 0.3 is 5.97 Å². The fraction of sp³-hybridized carbons (Fsp3) is 0.130. The van der Waals surface area contributed by atoms with E-state index in [1.54, 1.807) is 35.0 Å². The predicted molar refractivity (Wildman–Crippen MR) is 119 cm³/mol. The summed E-state index contributed by atoms with van der Waals surface area (Å²) in [7, 11) is 0. The number of halogens is 2. The van der Waals surface area contributed by atoms with E-state index in [0.29, 0.717) is 22.3 Å². The molecule has 0 radical (unpaired) electrons. The molecular formula is C23H18Cl2N2O3. The van der Waals surface area contributed by atoms with Crippen molar-refractivity contribution in [1.82, 2.24) is 9.55 Å². The number of aromatic nitrogens is 2. The van der Waals surface area contributed by atoms with Gasteiger partial charge in [0, 0.05) is 22.2 Å². The molecule has 0 saturated carbocycles. The van der Waals surface area contributed by atoms with Crippen LogP contribution in [0.25, 0.3) is 22.2 Å². The highest BCUT2D eigenvalue weighted by atomic mass is 35.5. The number of nitrogens with zero attached hydrogens (tertiary/aromatic N) is 2. The van der Waals surface area contributed by atoms with E-state index in [4.69, 9.17) is 27.9 Å². The molecule has 0 fully saturated rings. The Bertz CT molecular complexity index is 1250. The summed E-state index contributed by atoms with van der Waals surface area (Å²) >= 11 is 12.1. The summed E-state index contributed by atoms with van der Waals surface area (Å²) in [6.07, 6.45) is 1.69. The Balaban J connectivity index is 1.69. The van der Waals surface area contributed by atoms with Crippen molar-refractivity contribution in [3.8, 4) is 17.0 Å². The molecule has 4 rings (SSSR count). The number of carboxylic acids is 1. The third-order valence-corrected chi connectivity index (χ3v) is 5.34. The van der Waals surface area contributed by atoms with Crippen LogP contribution in [0.4, 0.5) is 0 Å². The van der Waals surface area contributed by atoms with Crippen LogP contribution >= 0.6 is 23.2 Å². The quantitative estimate of drug-likeness (QED) is 0.393. The maximum atomic E-state index is 11.9. The summed E-state index contributed by atoms with van der Waals surface area (Å²) in [6.45, 7) is 2.59. The Morgan fingerprint density at radius 1 is 1.13 bits per heavy atom. The Kier molecular flexibility index (Phi) is 5.66. The SMILES string of the molecule is Cc1cccc(-c2nccc3c2cc(C(=O)O)n3CCOc2ccc(Cl)cc2Cl)c1. The van der Waals surface area contributed by atoms with Gasteiger partial charge in [0.05, 0.1) is 22.8 Å². The lowest BCUT2D eigenvalue weighted by Gasteiger charge is -2.12. The second kappa shape index (κ2) is 8.38. The van der Waals surface area contributed by atoms with Crippen LogP contribution in [-0.4, -0.2) is 27.2 Å². The fourth-order valence-corrected chi connectivity index (χ4v) is 3.93. The van der Waals surface area contributed by atoms with Gasteiger partial charge in [0.1, 0.15) is 18.1 Å². The smallest absolute Gasteiger partial charge is 0.352 e. The van der Waals surface area contributed by atoms with Gasteiger partial charge in [-0.05, 0) is 43.3 Å². The van der Waals surface area contributed by atoms with E-state index in [1.807, 2.05) is 37.3 Å². The number of aryl methyl sites for hydroxylation is 1. The summed E-state index contributed by atoms with van der Waals surface area (Å²) in [5.74, 6) is -0.512. The lowest BCUT2D eigenvalue weighted by Crippen LogP contribution is -2.13. The van der Waals surface area contributed by atoms with Crippen molar-refractivity contribution < 1.29 is 14.6 Å². The zero-order chi connectivity index (χ0) is 21.3. The number of carbonyl (C=O) groups is 1. The fourth-order valence-electron chi connectivity index (χ4n) is 3.46. The second-order valence-electron chi connectivity index (χ2n) is 6.87. The Morgan fingerprint density at radius 3 is 2.70 bits per heavy atom. The molecule has 0 bridgehead atoms. The van der Waals surface area contributed by atoms with Crippen LogP contribution in [0.2, 0.25) is 10.0 Å². The number of aromatic carboxylic acids is 1. The summed E-state index contributed by atoms with van der Waals surface area (Å²) in [4.78, 5) is 16.4. The van der Waals surface area contributed by atoms with Crippen LogP contribution in [0.3, 0.4) is 0 Å². The van der Waals surface area contributed by atoms with E-state index < -0.39 is 5.97 Å². The maximum absolute atomic E-state index is 11.9. The van der Waals surface area contributed by atoms with Gasteiger partial charge in [-0.3, -0.25) is 4.98 Å². The topological polar surface area (TPSA) is 64.3 Å². The monoisotopic (exact) mass is 440 g/mol. The van der Waals surface area contributed by atoms with Crippen molar-refractivity contribution >= 4 is 40.1 Å². The summed E-state index contributed by atoms with van der Waals surface area (Å²) in [5, 5.41) is 11.5. The van der Waals surface area contributed by atoms with Crippen LogP contribution in [0.1, 0.15) is 16.1 Å². The first-order chi connectivity index (χ1) is 14.4. The Morgan fingerprint density at radius 2 is 1.97 bits per heavy atom. The van der Waals surface area contributed by atoms with E-state index >= 15 is 0 Å². The van der Waals surface area contributed by atoms with Gasteiger partial charge in [-0.2, -0.15) is 0 Å². The molecule has 0 aliphatic heterocycles. The minimum Gasteiger partial charge on any atom is -0.490 e. The molecule has 5 nitrogen and oxygen atoms in total. The number of fused-ring (bicyclic) bond motifs is 1. The number of hydrogen-bond acceptors (Lipinski definition) is 3. The third kappa shape index (κ3) is 3.99. The molecule has 7 heteroatoms. The maximum Gasteiger partial charge on any atom is 0.352 e. The van der Waals surface area contributed by atoms with Gasteiger partial charge in [-0.15, -0.1) is 0 Å². The summed E-state index contributed by atoms with van der Waals surface area (Å²) in [6, 6.07) is 16.4. The first-order valence-electron chi connectivity index (χ1n) is 9.30. The van der Waals surface area contributed by atoms with Crippen LogP contribution < -0.4 is 4.74 Å². The van der Waals surface area contributed by atoms with Crippen molar-refractivity contribution in [2.75, 3.05) is 6.61 Å². The average molecular weight is 441 g/mol. The average Bonchev–Trinajstić information content (AvgIpc) is 3.09. The molecule has 0 aliphatic carbocycles. The zero-order valence-electron chi connectivity index (χ0n) is 16.1. The van der Waals surface area contributed by atoms with Gasteiger partial charge in [0.25, 0.3) is 0 Å². The molecule has 0 aliphatic rings. The third-order valence-electron chi connectivity index (χ3n) is 4.81. The van der Waals surface area contributed by atoms with E-state index in [1.165, 1.54) is 0 Å². The molecule has 2 heterocycles. The number of rotatable bonds is 6. The van der Waals surface area contributed by atoms with Gasteiger partial charge in [-0.1, -0.05) is 47.0 Å². The molecule has 2 aromatic carbocycles. The molecule has 0 atom stereocenters. The van der Waals surface area contributed by atoms with E-state index in [-0.39, 0.29) is 12.3 Å².